The van der Waals surface area contributed by atoms with Crippen LogP contribution in [0, 0.1) is 13.8 Å². The maximum Gasteiger partial charge on any atom is 0.433 e. The summed E-state index contributed by atoms with van der Waals surface area (Å²) < 4.78 is 38.6. The maximum atomic E-state index is 12.9. The number of aromatic nitrogens is 1. The Kier molecular flexibility index (Phi) is 4.75. The van der Waals surface area contributed by atoms with Gasteiger partial charge in [-0.15, -0.1) is 11.3 Å². The molecule has 1 aromatic carbocycles. The van der Waals surface area contributed by atoms with Crippen LogP contribution in [-0.2, 0) is 12.6 Å². The zero-order valence-corrected chi connectivity index (χ0v) is 15.3. The molecule has 3 aromatic rings. The average molecular weight is 378 g/mol. The van der Waals surface area contributed by atoms with Crippen LogP contribution in [0.1, 0.15) is 39.0 Å². The fourth-order valence-corrected chi connectivity index (χ4v) is 3.92. The predicted octanol–water partition coefficient (Wildman–Crippen LogP) is 5.75. The van der Waals surface area contributed by atoms with E-state index >= 15 is 0 Å². The van der Waals surface area contributed by atoms with E-state index in [1.807, 2.05) is 32.0 Å². The number of carbonyl (C=O) groups excluding carboxylic acids is 1. The van der Waals surface area contributed by atoms with Crippen LogP contribution >= 0.6 is 11.3 Å². The third-order valence-corrected chi connectivity index (χ3v) is 5.48. The average Bonchev–Trinajstić information content (AvgIpc) is 2.92. The van der Waals surface area contributed by atoms with E-state index in [2.05, 4.69) is 10.3 Å². The second kappa shape index (κ2) is 6.72. The third kappa shape index (κ3) is 3.31. The van der Waals surface area contributed by atoms with Crippen LogP contribution in [0.5, 0.6) is 0 Å². The van der Waals surface area contributed by atoms with Crippen molar-refractivity contribution in [2.24, 2.45) is 0 Å². The quantitative estimate of drug-likeness (QED) is 0.631. The highest BCUT2D eigenvalue weighted by Gasteiger charge is 2.33. The van der Waals surface area contributed by atoms with Gasteiger partial charge in [0.1, 0.15) is 10.5 Å². The second-order valence-electron chi connectivity index (χ2n) is 6.02. The monoisotopic (exact) mass is 378 g/mol. The van der Waals surface area contributed by atoms with Gasteiger partial charge in [0.15, 0.2) is 0 Å². The van der Waals surface area contributed by atoms with Crippen molar-refractivity contribution in [3.8, 4) is 0 Å². The molecule has 1 amide bonds. The van der Waals surface area contributed by atoms with Gasteiger partial charge in [-0.3, -0.25) is 4.79 Å². The summed E-state index contributed by atoms with van der Waals surface area (Å²) in [6, 6.07) is 8.09. The fraction of sp³-hybridized carbons (Fsp3) is 0.263. The molecule has 0 saturated heterocycles. The van der Waals surface area contributed by atoms with Gasteiger partial charge in [0.05, 0.1) is 4.88 Å². The largest absolute Gasteiger partial charge is 0.433 e. The molecule has 26 heavy (non-hydrogen) atoms. The molecule has 0 fully saturated rings. The highest BCUT2D eigenvalue weighted by molar-refractivity contribution is 7.20. The molecule has 0 bridgehead atoms. The molecule has 3 nitrogen and oxygen atoms in total. The SMILES string of the molecule is CCc1cccc(C)c1NC(=O)c1sc2nc(C(F)(F)F)ccc2c1C. The Morgan fingerprint density at radius 1 is 1.19 bits per heavy atom. The maximum absolute atomic E-state index is 12.9. The lowest BCUT2D eigenvalue weighted by Gasteiger charge is -2.12. The Balaban J connectivity index is 2.00. The number of nitrogens with zero attached hydrogens (tertiary/aromatic N) is 1. The molecule has 0 spiro atoms. The fourth-order valence-electron chi connectivity index (χ4n) is 2.85. The van der Waals surface area contributed by atoms with Crippen molar-refractivity contribution in [3.63, 3.8) is 0 Å². The van der Waals surface area contributed by atoms with Crippen molar-refractivity contribution in [1.82, 2.24) is 4.98 Å². The summed E-state index contributed by atoms with van der Waals surface area (Å²) in [6.45, 7) is 5.63. The summed E-state index contributed by atoms with van der Waals surface area (Å²) in [4.78, 5) is 17.0. The van der Waals surface area contributed by atoms with Crippen LogP contribution < -0.4 is 5.32 Å². The minimum atomic E-state index is -4.51. The molecular formula is C19H17F3N2OS. The lowest BCUT2D eigenvalue weighted by molar-refractivity contribution is -0.140. The summed E-state index contributed by atoms with van der Waals surface area (Å²) in [5.41, 5.74) is 2.38. The van der Waals surface area contributed by atoms with Crippen LogP contribution in [0.2, 0.25) is 0 Å². The number of para-hydroxylation sites is 1. The normalized spacial score (nSPS) is 11.8. The molecule has 3 rings (SSSR count). The first-order valence-corrected chi connectivity index (χ1v) is 8.91. The van der Waals surface area contributed by atoms with Gasteiger partial charge in [-0.1, -0.05) is 25.1 Å². The molecule has 0 aliphatic rings. The minimum Gasteiger partial charge on any atom is -0.321 e. The second-order valence-corrected chi connectivity index (χ2v) is 7.02. The van der Waals surface area contributed by atoms with E-state index in [-0.39, 0.29) is 10.7 Å². The van der Waals surface area contributed by atoms with E-state index in [4.69, 9.17) is 0 Å². The number of alkyl halides is 3. The number of pyridine rings is 1. The Labute approximate surface area is 152 Å². The van der Waals surface area contributed by atoms with E-state index < -0.39 is 11.9 Å². The number of hydrogen-bond donors (Lipinski definition) is 1. The van der Waals surface area contributed by atoms with Crippen molar-refractivity contribution < 1.29 is 18.0 Å². The highest BCUT2D eigenvalue weighted by atomic mass is 32.1. The van der Waals surface area contributed by atoms with Gasteiger partial charge < -0.3 is 5.32 Å². The topological polar surface area (TPSA) is 42.0 Å². The minimum absolute atomic E-state index is 0.211. The summed E-state index contributed by atoms with van der Waals surface area (Å²) in [6.07, 6.45) is -3.75. The van der Waals surface area contributed by atoms with Crippen LogP contribution in [0.25, 0.3) is 10.2 Å². The molecule has 0 atom stereocenters. The number of nitrogens with one attached hydrogen (secondary N) is 1. The highest BCUT2D eigenvalue weighted by Crippen LogP contribution is 2.34. The van der Waals surface area contributed by atoms with Gasteiger partial charge in [-0.05, 0) is 49.1 Å². The Hall–Kier alpha value is -2.41. The van der Waals surface area contributed by atoms with Crippen molar-refractivity contribution in [3.05, 3.63) is 57.6 Å². The number of carbonyl (C=O) groups is 1. The number of benzene rings is 1. The molecule has 7 heteroatoms. The number of rotatable bonds is 3. The zero-order chi connectivity index (χ0) is 19.1. The molecule has 0 saturated carbocycles. The van der Waals surface area contributed by atoms with Gasteiger partial charge in [-0.2, -0.15) is 13.2 Å². The number of thiophene rings is 1. The smallest absolute Gasteiger partial charge is 0.321 e. The molecule has 2 heterocycles. The lowest BCUT2D eigenvalue weighted by atomic mass is 10.1. The molecule has 1 N–H and O–H groups in total. The van der Waals surface area contributed by atoms with Crippen molar-refractivity contribution in [2.45, 2.75) is 33.4 Å². The van der Waals surface area contributed by atoms with Crippen LogP contribution in [0.15, 0.2) is 30.3 Å². The first-order chi connectivity index (χ1) is 12.2. The van der Waals surface area contributed by atoms with Crippen LogP contribution in [0.3, 0.4) is 0 Å². The van der Waals surface area contributed by atoms with Gasteiger partial charge in [0.25, 0.3) is 5.91 Å². The molecule has 0 radical (unpaired) electrons. The van der Waals surface area contributed by atoms with Gasteiger partial charge in [-0.25, -0.2) is 4.98 Å². The third-order valence-electron chi connectivity index (χ3n) is 4.28. The van der Waals surface area contributed by atoms with Crippen LogP contribution in [-0.4, -0.2) is 10.9 Å². The summed E-state index contributed by atoms with van der Waals surface area (Å²) in [5, 5.41) is 3.48. The van der Waals surface area contributed by atoms with Crippen molar-refractivity contribution in [2.75, 3.05) is 5.32 Å². The van der Waals surface area contributed by atoms with Gasteiger partial charge >= 0.3 is 6.18 Å². The number of anilines is 1. The van der Waals surface area contributed by atoms with E-state index in [0.717, 1.165) is 40.6 Å². The molecule has 136 valence electrons. The van der Waals surface area contributed by atoms with Gasteiger partial charge in [0, 0.05) is 11.1 Å². The first kappa shape index (κ1) is 18.4. The lowest BCUT2D eigenvalue weighted by Crippen LogP contribution is -2.13. The predicted molar refractivity (Wildman–Crippen MR) is 97.9 cm³/mol. The molecule has 0 unspecified atom stereocenters. The standard InChI is InChI=1S/C19H17F3N2OS/c1-4-12-7-5-6-10(2)15(12)24-17(25)16-11(3)13-8-9-14(19(20,21)22)23-18(13)26-16/h5-9H,4H2,1-3H3,(H,24,25). The molecule has 0 aliphatic carbocycles. The zero-order valence-electron chi connectivity index (χ0n) is 14.5. The number of amides is 1. The van der Waals surface area contributed by atoms with E-state index in [1.165, 1.54) is 6.07 Å². The van der Waals surface area contributed by atoms with E-state index in [1.54, 1.807) is 6.92 Å². The van der Waals surface area contributed by atoms with E-state index in [9.17, 15) is 18.0 Å². The number of fused-ring (bicyclic) bond motifs is 1. The van der Waals surface area contributed by atoms with Gasteiger partial charge in [0.2, 0.25) is 0 Å². The molecule has 2 aromatic heterocycles. The Morgan fingerprint density at radius 3 is 2.58 bits per heavy atom. The Bertz CT molecular complexity index is 992. The molecule has 0 aliphatic heterocycles. The Morgan fingerprint density at radius 2 is 1.92 bits per heavy atom. The van der Waals surface area contributed by atoms with E-state index in [0.29, 0.717) is 15.8 Å². The summed E-state index contributed by atoms with van der Waals surface area (Å²) >= 11 is 0.978. The van der Waals surface area contributed by atoms with Crippen LogP contribution in [0.4, 0.5) is 18.9 Å². The number of aryl methyl sites for hydroxylation is 3. The van der Waals surface area contributed by atoms with Crippen molar-refractivity contribution in [1.29, 1.82) is 0 Å². The summed E-state index contributed by atoms with van der Waals surface area (Å²) in [5.74, 6) is -0.331. The number of hydrogen-bond acceptors (Lipinski definition) is 3. The molecular weight excluding hydrogens is 361 g/mol. The summed E-state index contributed by atoms with van der Waals surface area (Å²) in [7, 11) is 0. The first-order valence-electron chi connectivity index (χ1n) is 8.09. The van der Waals surface area contributed by atoms with Crippen molar-refractivity contribution >= 4 is 33.1 Å². The number of halogens is 3.